The predicted octanol–water partition coefficient (Wildman–Crippen LogP) is 5.65. The van der Waals surface area contributed by atoms with Crippen LogP contribution in [0.5, 0.6) is 0 Å². The SMILES string of the molecule is NC(=Nc1ccc(F)cc1)c1cc(-c2cccn3c(-c4cccnn4)ncc23)ccc1C(F)(F)F. The lowest BCUT2D eigenvalue weighted by Crippen LogP contribution is -2.20. The highest BCUT2D eigenvalue weighted by atomic mass is 19.4. The Morgan fingerprint density at radius 1 is 0.971 bits per heavy atom. The van der Waals surface area contributed by atoms with Gasteiger partial charge in [-0.3, -0.25) is 4.40 Å². The number of imidazole rings is 1. The van der Waals surface area contributed by atoms with Crippen LogP contribution in [0.15, 0.2) is 90.3 Å². The summed E-state index contributed by atoms with van der Waals surface area (Å²) in [5.74, 6) is -0.291. The van der Waals surface area contributed by atoms with E-state index in [1.165, 1.54) is 24.3 Å². The van der Waals surface area contributed by atoms with Gasteiger partial charge in [0.1, 0.15) is 17.3 Å². The molecule has 5 rings (SSSR count). The predicted molar refractivity (Wildman–Crippen MR) is 123 cm³/mol. The van der Waals surface area contributed by atoms with E-state index in [9.17, 15) is 17.6 Å². The van der Waals surface area contributed by atoms with Gasteiger partial charge in [-0.2, -0.15) is 18.3 Å². The summed E-state index contributed by atoms with van der Waals surface area (Å²) in [7, 11) is 0. The van der Waals surface area contributed by atoms with Gasteiger partial charge in [0.05, 0.1) is 23.0 Å². The van der Waals surface area contributed by atoms with Crippen LogP contribution in [0.1, 0.15) is 11.1 Å². The van der Waals surface area contributed by atoms with Gasteiger partial charge in [0, 0.05) is 23.5 Å². The monoisotopic (exact) mass is 476 g/mol. The molecule has 0 amide bonds. The minimum Gasteiger partial charge on any atom is -0.383 e. The molecule has 0 aliphatic rings. The second-order valence-corrected chi connectivity index (χ2v) is 7.60. The first kappa shape index (κ1) is 22.2. The molecule has 0 saturated heterocycles. The number of halogens is 4. The van der Waals surface area contributed by atoms with Gasteiger partial charge in [0.15, 0.2) is 5.82 Å². The summed E-state index contributed by atoms with van der Waals surface area (Å²) in [6, 6.07) is 15.7. The molecule has 0 fully saturated rings. The fourth-order valence-electron chi connectivity index (χ4n) is 3.76. The maximum absolute atomic E-state index is 13.8. The number of aliphatic imine (C=N–C) groups is 1. The molecule has 10 heteroatoms. The number of hydrogen-bond donors (Lipinski definition) is 1. The highest BCUT2D eigenvalue weighted by molar-refractivity contribution is 6.02. The van der Waals surface area contributed by atoms with Crippen LogP contribution < -0.4 is 5.73 Å². The molecule has 5 aromatic rings. The molecule has 0 radical (unpaired) electrons. The first-order valence-corrected chi connectivity index (χ1v) is 10.4. The fraction of sp³-hybridized carbons (Fsp3) is 0.0400. The molecule has 3 aromatic heterocycles. The van der Waals surface area contributed by atoms with Crippen molar-refractivity contribution in [3.63, 3.8) is 0 Å². The second-order valence-electron chi connectivity index (χ2n) is 7.60. The topological polar surface area (TPSA) is 81.5 Å². The molecule has 2 N–H and O–H groups in total. The highest BCUT2D eigenvalue weighted by Gasteiger charge is 2.34. The number of fused-ring (bicyclic) bond motifs is 1. The molecule has 0 saturated carbocycles. The van der Waals surface area contributed by atoms with Crippen molar-refractivity contribution in [3.8, 4) is 22.6 Å². The number of pyridine rings is 1. The van der Waals surface area contributed by atoms with E-state index in [4.69, 9.17) is 5.73 Å². The summed E-state index contributed by atoms with van der Waals surface area (Å²) in [5, 5.41) is 7.95. The maximum Gasteiger partial charge on any atom is 0.417 e. The van der Waals surface area contributed by atoms with Crippen LogP contribution in [0, 0.1) is 5.82 Å². The third-order valence-corrected chi connectivity index (χ3v) is 5.36. The normalized spacial score (nSPS) is 12.3. The Morgan fingerprint density at radius 3 is 2.49 bits per heavy atom. The molecular formula is C25H16F4N6. The van der Waals surface area contributed by atoms with Crippen LogP contribution in [0.3, 0.4) is 0 Å². The van der Waals surface area contributed by atoms with Gasteiger partial charge in [0.2, 0.25) is 0 Å². The lowest BCUT2D eigenvalue weighted by molar-refractivity contribution is -0.137. The average molecular weight is 476 g/mol. The molecule has 0 unspecified atom stereocenters. The summed E-state index contributed by atoms with van der Waals surface area (Å²) >= 11 is 0. The van der Waals surface area contributed by atoms with Crippen LogP contribution in [-0.4, -0.2) is 25.4 Å². The number of hydrogen-bond acceptors (Lipinski definition) is 4. The number of nitrogens with zero attached hydrogens (tertiary/aromatic N) is 5. The molecule has 0 aliphatic carbocycles. The minimum absolute atomic E-state index is 0.230. The molecule has 2 aromatic carbocycles. The smallest absolute Gasteiger partial charge is 0.383 e. The van der Waals surface area contributed by atoms with Gasteiger partial charge in [-0.25, -0.2) is 14.4 Å². The zero-order chi connectivity index (χ0) is 24.6. The van der Waals surface area contributed by atoms with E-state index >= 15 is 0 Å². The highest BCUT2D eigenvalue weighted by Crippen LogP contribution is 2.36. The molecule has 3 heterocycles. The van der Waals surface area contributed by atoms with Gasteiger partial charge in [-0.1, -0.05) is 12.1 Å². The van der Waals surface area contributed by atoms with Gasteiger partial charge >= 0.3 is 6.18 Å². The fourth-order valence-corrected chi connectivity index (χ4v) is 3.76. The Bertz CT molecular complexity index is 1540. The van der Waals surface area contributed by atoms with E-state index in [1.54, 1.807) is 47.3 Å². The van der Waals surface area contributed by atoms with E-state index in [0.29, 0.717) is 28.2 Å². The Hall–Kier alpha value is -4.60. The summed E-state index contributed by atoms with van der Waals surface area (Å²) in [5.41, 5.74) is 7.38. The first-order chi connectivity index (χ1) is 16.8. The lowest BCUT2D eigenvalue weighted by atomic mass is 9.98. The van der Waals surface area contributed by atoms with Gasteiger partial charge < -0.3 is 5.73 Å². The molecule has 35 heavy (non-hydrogen) atoms. The van der Waals surface area contributed by atoms with Gasteiger partial charge in [-0.15, -0.1) is 5.10 Å². The zero-order valence-corrected chi connectivity index (χ0v) is 17.9. The lowest BCUT2D eigenvalue weighted by Gasteiger charge is -2.15. The minimum atomic E-state index is -4.65. The molecular weight excluding hydrogens is 460 g/mol. The Morgan fingerprint density at radius 2 is 1.77 bits per heavy atom. The van der Waals surface area contributed by atoms with Crippen LogP contribution in [-0.2, 0) is 6.18 Å². The molecule has 0 spiro atoms. The molecule has 0 bridgehead atoms. The number of benzene rings is 2. The molecule has 6 nitrogen and oxygen atoms in total. The van der Waals surface area contributed by atoms with E-state index in [0.717, 1.165) is 18.2 Å². The summed E-state index contributed by atoms with van der Waals surface area (Å²) in [4.78, 5) is 8.51. The average Bonchev–Trinajstić information content (AvgIpc) is 3.29. The Balaban J connectivity index is 1.65. The Kier molecular flexibility index (Phi) is 5.48. The number of alkyl halides is 3. The molecule has 0 atom stereocenters. The number of rotatable bonds is 4. The Labute approximate surface area is 196 Å². The summed E-state index contributed by atoms with van der Waals surface area (Å²) in [6.45, 7) is 0. The van der Waals surface area contributed by atoms with Crippen LogP contribution in [0.2, 0.25) is 0 Å². The molecule has 174 valence electrons. The molecule has 0 aliphatic heterocycles. The largest absolute Gasteiger partial charge is 0.417 e. The second kappa shape index (κ2) is 8.64. The summed E-state index contributed by atoms with van der Waals surface area (Å²) < 4.78 is 56.4. The van der Waals surface area contributed by atoms with Crippen LogP contribution in [0.4, 0.5) is 23.2 Å². The van der Waals surface area contributed by atoms with Crippen molar-refractivity contribution in [2.45, 2.75) is 6.18 Å². The zero-order valence-electron chi connectivity index (χ0n) is 17.9. The van der Waals surface area contributed by atoms with Gasteiger partial charge in [0.25, 0.3) is 0 Å². The van der Waals surface area contributed by atoms with Crippen LogP contribution in [0.25, 0.3) is 28.2 Å². The van der Waals surface area contributed by atoms with Crippen molar-refractivity contribution < 1.29 is 17.6 Å². The standard InChI is InChI=1S/C25H16F4N6/c26-16-6-8-17(9-7-16)33-23(30)19-13-15(5-10-20(19)25(27,28)29)18-3-2-12-35-22(18)14-31-24(35)21-4-1-11-32-34-21/h1-14H,(H2,30,33). The maximum atomic E-state index is 13.8. The summed E-state index contributed by atoms with van der Waals surface area (Å²) in [6.07, 6.45) is 0.294. The van der Waals surface area contributed by atoms with E-state index in [-0.39, 0.29) is 17.1 Å². The first-order valence-electron chi connectivity index (χ1n) is 10.4. The van der Waals surface area contributed by atoms with Crippen molar-refractivity contribution in [1.29, 1.82) is 0 Å². The third-order valence-electron chi connectivity index (χ3n) is 5.36. The van der Waals surface area contributed by atoms with Crippen molar-refractivity contribution in [2.24, 2.45) is 10.7 Å². The quantitative estimate of drug-likeness (QED) is 0.206. The number of nitrogens with two attached hydrogens (primary N) is 1. The van der Waals surface area contributed by atoms with E-state index < -0.39 is 17.6 Å². The number of amidine groups is 1. The van der Waals surface area contributed by atoms with Crippen molar-refractivity contribution in [3.05, 3.63) is 102 Å². The van der Waals surface area contributed by atoms with Crippen molar-refractivity contribution >= 4 is 17.0 Å². The number of aromatic nitrogens is 4. The van der Waals surface area contributed by atoms with E-state index in [1.807, 2.05) is 0 Å². The van der Waals surface area contributed by atoms with Crippen LogP contribution >= 0.6 is 0 Å². The van der Waals surface area contributed by atoms with Gasteiger partial charge in [-0.05, 0) is 60.2 Å². The van der Waals surface area contributed by atoms with Crippen molar-refractivity contribution in [1.82, 2.24) is 19.6 Å². The van der Waals surface area contributed by atoms with Crippen molar-refractivity contribution in [2.75, 3.05) is 0 Å². The third kappa shape index (κ3) is 4.33. The van der Waals surface area contributed by atoms with E-state index in [2.05, 4.69) is 20.2 Å².